The third kappa shape index (κ3) is 35.6. The topological polar surface area (TPSA) is 627 Å². The zero-order chi connectivity index (χ0) is 109. The molecule has 0 bridgehead atoms. The lowest BCUT2D eigenvalue weighted by atomic mass is 10.0. The lowest BCUT2D eigenvalue weighted by molar-refractivity contribution is -0.0404. The van der Waals surface area contributed by atoms with E-state index in [0.717, 1.165) is 76.4 Å². The van der Waals surface area contributed by atoms with Crippen LogP contribution in [0.2, 0.25) is 0 Å². The maximum absolute atomic E-state index is 12.2. The summed E-state index contributed by atoms with van der Waals surface area (Å²) in [6, 6.07) is 0. The lowest BCUT2D eigenvalue weighted by Gasteiger charge is -2.19. The van der Waals surface area contributed by atoms with Gasteiger partial charge in [-0.25, -0.2) is 28.8 Å². The van der Waals surface area contributed by atoms with Gasteiger partial charge in [-0.3, -0.25) is 81.5 Å². The number of rotatable bonds is 37. The summed E-state index contributed by atoms with van der Waals surface area (Å²) in [6.45, 7) is 32.7. The SMILES string of the molecule is C=CCCc1cn([C@@H]2O[C@H](CCP(=C)(C)C)[C@@H](O)[C@H]2O)c(=O)[nH]c1=O.C=CCc1cn([C@@H]2O[C@H](CCP(=C)(C)C)[C@@H](O)[C@H]2O)c(=O)[nH]c1=O.C=P(C)(C)CC[C@H]1O[C@@H](c2cn(CCC)c(=O)[nH]c2=O)[C@H](O)[C@@H]1O.C=P(C)(C)CC[C@H]1O[C@@H](n2cc(CC)c(=O)[nH]c2=O)[C@H](O)[C@@H]1O.C=P(C)(C)CC[C@H]1O[C@@H](n2cc(CCC)c(=O)[nH]c2=O)[C@H](O)[C@@H]1O.C=P(C)(C)CC[C@H]1O[C@@H](n2cc(CCCC)c(=O)[nH]c2=O)[C@H](O)[C@@H]1O. The van der Waals surface area contributed by atoms with Crippen LogP contribution in [-0.2, 0) is 67.1 Å². The quantitative estimate of drug-likeness (QED) is 0.0192. The van der Waals surface area contributed by atoms with E-state index in [2.05, 4.69) is 161 Å². The van der Waals surface area contributed by atoms with Gasteiger partial charge in [0.05, 0.1) is 42.2 Å². The number of aliphatic hydroxyl groups excluding tert-OH is 12. The minimum atomic E-state index is -1.29. The van der Waals surface area contributed by atoms with Crippen molar-refractivity contribution < 1.29 is 89.7 Å². The molecule has 6 aromatic rings. The van der Waals surface area contributed by atoms with Gasteiger partial charge in [0, 0.05) is 71.5 Å². The molecule has 12 heterocycles. The van der Waals surface area contributed by atoms with Gasteiger partial charge in [0.25, 0.3) is 33.4 Å². The average molecular weight is 2160 g/mol. The van der Waals surface area contributed by atoms with Gasteiger partial charge >= 0.3 is 34.1 Å². The van der Waals surface area contributed by atoms with Crippen LogP contribution in [0, 0.1) is 0 Å². The molecule has 12 rings (SSSR count). The molecular formula is C97H160N12O30P6. The normalized spacial score (nSPS) is 27.4. The molecule has 0 amide bonds. The molecule has 6 aliphatic rings. The Hall–Kier alpha value is -7.36. The van der Waals surface area contributed by atoms with Gasteiger partial charge in [-0.2, -0.15) is 0 Å². The minimum absolute atomic E-state index is 0.167. The third-order valence-corrected chi connectivity index (χ3v) is 34.0. The van der Waals surface area contributed by atoms with Crippen molar-refractivity contribution in [1.29, 1.82) is 0 Å². The number of ether oxygens (including phenoxy) is 6. The molecular weight excluding hydrogens is 2000 g/mol. The van der Waals surface area contributed by atoms with Crippen LogP contribution < -0.4 is 67.5 Å². The number of allylic oxidation sites excluding steroid dienone is 2. The predicted octanol–water partition coefficient (Wildman–Crippen LogP) is 1.19. The van der Waals surface area contributed by atoms with E-state index in [1.807, 2.05) is 20.8 Å². The van der Waals surface area contributed by atoms with E-state index in [0.29, 0.717) is 105 Å². The highest BCUT2D eigenvalue weighted by Crippen LogP contribution is 2.46. The van der Waals surface area contributed by atoms with E-state index in [1.165, 1.54) is 50.9 Å². The smallest absolute Gasteiger partial charge is 0.330 e. The number of nitrogens with zero attached hydrogens (tertiary/aromatic N) is 6. The highest BCUT2D eigenvalue weighted by molar-refractivity contribution is 7.73. The molecule has 0 radical (unpaired) electrons. The van der Waals surface area contributed by atoms with Gasteiger partial charge in [-0.1, -0.05) is 52.7 Å². The molecule has 48 heteroatoms. The lowest BCUT2D eigenvalue weighted by Crippen LogP contribution is -2.38. The first kappa shape index (κ1) is 125. The second-order valence-electron chi connectivity index (χ2n) is 42.2. The van der Waals surface area contributed by atoms with E-state index in [9.17, 15) is 119 Å². The monoisotopic (exact) mass is 2160 g/mol. The van der Waals surface area contributed by atoms with E-state index in [1.54, 1.807) is 19.1 Å². The van der Waals surface area contributed by atoms with E-state index >= 15 is 0 Å². The number of nitrogens with one attached hydrogen (secondary N) is 6. The van der Waals surface area contributed by atoms with Crippen LogP contribution in [0.5, 0.6) is 0 Å². The van der Waals surface area contributed by atoms with Crippen LogP contribution in [0.3, 0.4) is 0 Å². The Balaban J connectivity index is 0.000000236. The molecule has 6 saturated heterocycles. The van der Waals surface area contributed by atoms with Crippen molar-refractivity contribution in [2.75, 3.05) is 117 Å². The van der Waals surface area contributed by atoms with Gasteiger partial charge in [0.15, 0.2) is 31.1 Å². The fourth-order valence-corrected chi connectivity index (χ4v) is 22.5. The van der Waals surface area contributed by atoms with Gasteiger partial charge < -0.3 is 94.3 Å². The predicted molar refractivity (Wildman–Crippen MR) is 584 cm³/mol. The number of unbranched alkanes of at least 4 members (excludes halogenated alkanes) is 1. The fourth-order valence-electron chi connectivity index (χ4n) is 16.8. The Kier molecular flexibility index (Phi) is 46.4. The molecule has 0 spiro atoms. The molecule has 0 saturated carbocycles. The molecule has 24 atom stereocenters. The first-order valence-electron chi connectivity index (χ1n) is 48.7. The highest BCUT2D eigenvalue weighted by Gasteiger charge is 2.50. The van der Waals surface area contributed by atoms with Crippen molar-refractivity contribution in [3.63, 3.8) is 0 Å². The zero-order valence-corrected chi connectivity index (χ0v) is 91.8. The van der Waals surface area contributed by atoms with Crippen molar-refractivity contribution >= 4 is 79.1 Å². The third-order valence-electron chi connectivity index (χ3n) is 25.2. The number of H-pyrrole nitrogens is 6. The van der Waals surface area contributed by atoms with Crippen molar-refractivity contribution in [3.8, 4) is 0 Å². The highest BCUT2D eigenvalue weighted by atomic mass is 31.2. The Morgan fingerprint density at radius 2 is 0.552 bits per heavy atom. The van der Waals surface area contributed by atoms with Crippen molar-refractivity contribution in [2.45, 2.75) is 284 Å². The van der Waals surface area contributed by atoms with Crippen LogP contribution in [0.25, 0.3) is 0 Å². The van der Waals surface area contributed by atoms with E-state index < -0.39 is 256 Å². The standard InChI is InChI=1S/C17H29N2O5P.C17H27N2O5P.2C16H27N2O5P.C16H25N2O5P.C15H25N2O5P/c2*1-5-6-7-11-10-19(17(23)18-15(11)22)16-14(21)13(20)12(24-16)8-9-25(2,3)4;1-5-7-18-9-10(15(21)17-16(18)22)14-13(20)12(19)11(23-14)6-8-24(2,3)4;2*1-5-6-10-9-18(16(22)17-14(10)21)15-13(20)12(19)11(23-15)7-8-24(2,3)4;1-5-9-8-17(15(21)16-13(9)20)14-12(19)11(18)10(22-14)6-7-23(2,3)4/h10,12-14,16,20-21H,2,5-9H2,1,3-4H3,(H,18,22,23);5,10,12-14,16,20-21H,1-2,6-9H2,3-4H3,(H,18,22,23);9,11-14,19-20H,2,5-8H2,1,3-4H3,(H,17,21,22);9,11-13,15,19-20H,2,5-8H2,1,3-4H3,(H,17,21,22);5,9,11-13,15,19-20H,1-2,6-8H2,3-4H3,(H,17,21,22);8,10-12,14,18-19H,2,5-7H2,1,3-4H3,(H,16,20,21)/t2*12-,13-,14-,16-;11-,12-,13-,14+;2*11-,12-,13-,15-;10-,11-,12-,14-/m111111/s1. The second-order valence-corrected chi connectivity index (χ2v) is 68.1. The first-order valence-corrected chi connectivity index (χ1v) is 67.1. The van der Waals surface area contributed by atoms with Gasteiger partial charge in [-0.15, -0.1) is 92.3 Å². The Bertz CT molecular complexity index is 6330. The molecule has 42 nitrogen and oxygen atoms in total. The summed E-state index contributed by atoms with van der Waals surface area (Å²) in [5, 5.41) is 123. The molecule has 0 unspecified atom stereocenters. The van der Waals surface area contributed by atoms with Crippen LogP contribution in [0.4, 0.5) is 0 Å². The van der Waals surface area contributed by atoms with Crippen molar-refractivity contribution in [2.24, 2.45) is 0 Å². The summed E-state index contributed by atoms with van der Waals surface area (Å²) in [6.07, 6.45) is 27.5. The number of aryl methyl sites for hydroxylation is 5. The summed E-state index contributed by atoms with van der Waals surface area (Å²) < 4.78 is 41.7. The molecule has 6 aliphatic heterocycles. The summed E-state index contributed by atoms with van der Waals surface area (Å²) in [4.78, 5) is 157. The van der Waals surface area contributed by atoms with Gasteiger partial charge in [-0.05, 0) is 207 Å². The summed E-state index contributed by atoms with van der Waals surface area (Å²) in [5.41, 5.74) is -4.38. The fraction of sp³-hybridized carbons (Fsp3) is 0.649. The maximum atomic E-state index is 12.2. The number of aromatic nitrogens is 12. The van der Waals surface area contributed by atoms with E-state index in [-0.39, 0.29) is 12.0 Å². The van der Waals surface area contributed by atoms with Crippen LogP contribution >= 0.6 is 41.3 Å². The molecule has 145 heavy (non-hydrogen) atoms. The average Bonchev–Trinajstić information content (AvgIpc) is 1.67. The molecule has 6 fully saturated rings. The van der Waals surface area contributed by atoms with Crippen LogP contribution in [0.1, 0.15) is 169 Å². The van der Waals surface area contributed by atoms with Crippen LogP contribution in [-0.4, -0.2) is 383 Å². The Morgan fingerprint density at radius 3 is 0.821 bits per heavy atom. The van der Waals surface area contributed by atoms with Crippen molar-refractivity contribution in [1.82, 2.24) is 57.3 Å². The van der Waals surface area contributed by atoms with E-state index in [4.69, 9.17) is 28.4 Å². The summed E-state index contributed by atoms with van der Waals surface area (Å²) >= 11 is 0. The zero-order valence-electron chi connectivity index (χ0n) is 86.5. The molecule has 18 N–H and O–H groups in total. The molecule has 818 valence electrons. The maximum Gasteiger partial charge on any atom is 0.330 e. The molecule has 6 aromatic heterocycles. The second kappa shape index (κ2) is 54.1. The number of hydrogen-bond acceptors (Lipinski definition) is 30. The number of hydrogen-bond donors (Lipinski definition) is 18. The van der Waals surface area contributed by atoms with Gasteiger partial charge in [0.1, 0.15) is 79.4 Å². The number of aromatic amines is 6. The first-order chi connectivity index (χ1) is 67.3. The number of aliphatic hydroxyl groups is 12. The minimum Gasteiger partial charge on any atom is -0.388 e. The Morgan fingerprint density at radius 1 is 0.297 bits per heavy atom. The van der Waals surface area contributed by atoms with Crippen molar-refractivity contribution in [3.05, 3.63) is 221 Å². The Labute approximate surface area is 843 Å². The summed E-state index contributed by atoms with van der Waals surface area (Å²) in [5.74, 6) is 0. The molecule has 0 aromatic carbocycles. The molecule has 0 aliphatic carbocycles. The summed E-state index contributed by atoms with van der Waals surface area (Å²) in [7, 11) is 0. The largest absolute Gasteiger partial charge is 0.388 e. The van der Waals surface area contributed by atoms with Gasteiger partial charge in [0.2, 0.25) is 0 Å². The van der Waals surface area contributed by atoms with Crippen LogP contribution in [0.15, 0.2) is 120 Å².